The Balaban J connectivity index is 1.30. The molecule has 0 bridgehead atoms. The van der Waals surface area contributed by atoms with E-state index >= 15 is 0 Å². The Morgan fingerprint density at radius 3 is 2.59 bits per heavy atom. The summed E-state index contributed by atoms with van der Waals surface area (Å²) in [6.45, 7) is 3.06. The molecule has 3 aliphatic rings. The van der Waals surface area contributed by atoms with Gasteiger partial charge in [0.15, 0.2) is 0 Å². The molecule has 3 amide bonds. The van der Waals surface area contributed by atoms with E-state index in [1.165, 1.54) is 10.5 Å². The number of piperidine rings is 1. The van der Waals surface area contributed by atoms with Crippen molar-refractivity contribution in [2.45, 2.75) is 43.7 Å². The summed E-state index contributed by atoms with van der Waals surface area (Å²) in [6, 6.07) is 10.9. The molecule has 2 aliphatic heterocycles. The predicted molar refractivity (Wildman–Crippen MR) is 108 cm³/mol. The van der Waals surface area contributed by atoms with E-state index in [1.54, 1.807) is 12.0 Å². The van der Waals surface area contributed by atoms with Crippen molar-refractivity contribution in [3.8, 4) is 0 Å². The first-order chi connectivity index (χ1) is 14.0. The summed E-state index contributed by atoms with van der Waals surface area (Å²) in [4.78, 5) is 27.6. The van der Waals surface area contributed by atoms with Crippen molar-refractivity contribution in [3.05, 3.63) is 35.9 Å². The summed E-state index contributed by atoms with van der Waals surface area (Å²) in [5.74, 6) is 0.121. The van der Waals surface area contributed by atoms with Crippen LogP contribution in [0.2, 0.25) is 0 Å². The molecule has 1 saturated carbocycles. The third kappa shape index (κ3) is 4.32. The number of benzene rings is 1. The quantitative estimate of drug-likeness (QED) is 0.756. The fraction of sp³-hybridized carbons (Fsp3) is 0.636. The van der Waals surface area contributed by atoms with Gasteiger partial charge < -0.3 is 20.1 Å². The number of nitrogens with one attached hydrogen (secondary N) is 1. The number of carbonyl (C=O) groups is 2. The number of hydrogen-bond donors (Lipinski definition) is 2. The second-order valence-electron chi connectivity index (χ2n) is 8.74. The first-order valence-electron chi connectivity index (χ1n) is 10.6. The number of nitrogens with zero attached hydrogens (tertiary/aromatic N) is 2. The molecule has 0 aromatic heterocycles. The molecule has 4 rings (SSSR count). The second-order valence-corrected chi connectivity index (χ2v) is 8.74. The van der Waals surface area contributed by atoms with Gasteiger partial charge in [-0.05, 0) is 24.8 Å². The molecule has 3 fully saturated rings. The van der Waals surface area contributed by atoms with Crippen LogP contribution in [-0.4, -0.2) is 78.9 Å². The number of hydrogen-bond acceptors (Lipinski definition) is 5. The highest BCUT2D eigenvalue weighted by Gasteiger charge is 2.43. The van der Waals surface area contributed by atoms with Gasteiger partial charge in [0.25, 0.3) is 5.91 Å². The van der Waals surface area contributed by atoms with Crippen molar-refractivity contribution in [2.75, 3.05) is 39.9 Å². The number of urea groups is 1. The van der Waals surface area contributed by atoms with Crippen molar-refractivity contribution < 1.29 is 19.4 Å². The number of imide groups is 1. The van der Waals surface area contributed by atoms with Crippen LogP contribution in [0.3, 0.4) is 0 Å². The van der Waals surface area contributed by atoms with E-state index in [2.05, 4.69) is 29.6 Å². The molecule has 1 aliphatic carbocycles. The van der Waals surface area contributed by atoms with Crippen LogP contribution in [0.5, 0.6) is 0 Å². The number of aliphatic hydroxyl groups is 1. The van der Waals surface area contributed by atoms with Gasteiger partial charge in [-0.3, -0.25) is 9.69 Å². The maximum absolute atomic E-state index is 12.7. The summed E-state index contributed by atoms with van der Waals surface area (Å²) in [6.07, 6.45) is 2.15. The molecule has 2 heterocycles. The van der Waals surface area contributed by atoms with Gasteiger partial charge in [-0.1, -0.05) is 30.3 Å². The summed E-state index contributed by atoms with van der Waals surface area (Å²) < 4.78 is 5.53. The van der Waals surface area contributed by atoms with E-state index in [0.717, 1.165) is 25.8 Å². The minimum absolute atomic E-state index is 0.00386. The normalized spacial score (nSPS) is 28.6. The van der Waals surface area contributed by atoms with Crippen LogP contribution in [0.15, 0.2) is 30.3 Å². The molecule has 29 heavy (non-hydrogen) atoms. The molecular weight excluding hydrogens is 370 g/mol. The molecule has 7 heteroatoms. The lowest BCUT2D eigenvalue weighted by Gasteiger charge is -2.42. The van der Waals surface area contributed by atoms with Crippen LogP contribution in [0.4, 0.5) is 4.79 Å². The molecule has 1 aromatic carbocycles. The van der Waals surface area contributed by atoms with Gasteiger partial charge in [-0.25, -0.2) is 4.79 Å². The number of ether oxygens (including phenoxy) is 1. The molecule has 2 N–H and O–H groups in total. The maximum Gasteiger partial charge on any atom is 0.326 e. The monoisotopic (exact) mass is 401 g/mol. The van der Waals surface area contributed by atoms with E-state index in [1.807, 2.05) is 6.07 Å². The Morgan fingerprint density at radius 1 is 1.24 bits per heavy atom. The number of rotatable bonds is 6. The SMILES string of the molecule is COCC1(CN[C@@H]2C[C@H]2c2ccccc2)CCN(C(=O)N2CC[C@H](O)C2=O)CC1. The molecule has 0 spiro atoms. The zero-order chi connectivity index (χ0) is 20.4. The van der Waals surface area contributed by atoms with Crippen molar-refractivity contribution in [3.63, 3.8) is 0 Å². The third-order valence-corrected chi connectivity index (χ3v) is 6.71. The first kappa shape index (κ1) is 20.3. The van der Waals surface area contributed by atoms with Gasteiger partial charge in [0.2, 0.25) is 0 Å². The molecular formula is C22H31N3O4. The summed E-state index contributed by atoms with van der Waals surface area (Å²) in [7, 11) is 1.73. The second kappa shape index (κ2) is 8.42. The summed E-state index contributed by atoms with van der Waals surface area (Å²) in [5, 5.41) is 13.3. The van der Waals surface area contributed by atoms with E-state index in [-0.39, 0.29) is 11.4 Å². The summed E-state index contributed by atoms with van der Waals surface area (Å²) >= 11 is 0. The Bertz CT molecular complexity index is 733. The highest BCUT2D eigenvalue weighted by atomic mass is 16.5. The predicted octanol–water partition coefficient (Wildman–Crippen LogP) is 1.57. The maximum atomic E-state index is 12.7. The van der Waals surface area contributed by atoms with Gasteiger partial charge in [0, 0.05) is 57.1 Å². The van der Waals surface area contributed by atoms with Gasteiger partial charge >= 0.3 is 6.03 Å². The molecule has 7 nitrogen and oxygen atoms in total. The van der Waals surface area contributed by atoms with Crippen molar-refractivity contribution in [1.82, 2.24) is 15.1 Å². The van der Waals surface area contributed by atoms with Crippen molar-refractivity contribution in [2.24, 2.45) is 5.41 Å². The zero-order valence-corrected chi connectivity index (χ0v) is 17.0. The van der Waals surface area contributed by atoms with E-state index in [9.17, 15) is 14.7 Å². The number of likely N-dealkylation sites (tertiary alicyclic amines) is 2. The fourth-order valence-electron chi connectivity index (χ4n) is 4.71. The minimum Gasteiger partial charge on any atom is -0.384 e. The Hall–Kier alpha value is -1.96. The molecule has 2 saturated heterocycles. The summed E-state index contributed by atoms with van der Waals surface area (Å²) in [5.41, 5.74) is 1.40. The number of amides is 3. The lowest BCUT2D eigenvalue weighted by molar-refractivity contribution is -0.132. The van der Waals surface area contributed by atoms with Gasteiger partial charge in [-0.15, -0.1) is 0 Å². The minimum atomic E-state index is -1.03. The van der Waals surface area contributed by atoms with Gasteiger partial charge in [0.05, 0.1) is 6.61 Å². The number of carbonyl (C=O) groups excluding carboxylic acids is 2. The topological polar surface area (TPSA) is 82.1 Å². The molecule has 0 radical (unpaired) electrons. The van der Waals surface area contributed by atoms with Crippen LogP contribution >= 0.6 is 0 Å². The van der Waals surface area contributed by atoms with Crippen LogP contribution < -0.4 is 5.32 Å². The molecule has 0 unspecified atom stereocenters. The standard InChI is InChI=1S/C22H31N3O4/c1-29-15-22(14-23-18-13-17(18)16-5-3-2-4-6-16)8-11-24(12-9-22)21(28)25-10-7-19(26)20(25)27/h2-6,17-19,23,26H,7-15H2,1H3/t17-,18+,19-/m0/s1. The van der Waals surface area contributed by atoms with E-state index in [4.69, 9.17) is 4.74 Å². The highest BCUT2D eigenvalue weighted by Crippen LogP contribution is 2.42. The van der Waals surface area contributed by atoms with Crippen LogP contribution in [0.1, 0.15) is 37.2 Å². The molecule has 1 aromatic rings. The van der Waals surface area contributed by atoms with E-state index in [0.29, 0.717) is 44.6 Å². The van der Waals surface area contributed by atoms with Crippen LogP contribution in [0.25, 0.3) is 0 Å². The zero-order valence-electron chi connectivity index (χ0n) is 17.0. The lowest BCUT2D eigenvalue weighted by atomic mass is 9.79. The Labute approximate surface area is 172 Å². The Morgan fingerprint density at radius 2 is 1.97 bits per heavy atom. The average molecular weight is 402 g/mol. The largest absolute Gasteiger partial charge is 0.384 e. The van der Waals surface area contributed by atoms with Gasteiger partial charge in [-0.2, -0.15) is 0 Å². The average Bonchev–Trinajstić information content (AvgIpc) is 3.46. The fourth-order valence-corrected chi connectivity index (χ4v) is 4.71. The molecule has 3 atom stereocenters. The lowest BCUT2D eigenvalue weighted by Crippen LogP contribution is -2.53. The van der Waals surface area contributed by atoms with Crippen molar-refractivity contribution in [1.29, 1.82) is 0 Å². The number of methoxy groups -OCH3 is 1. The molecule has 158 valence electrons. The highest BCUT2D eigenvalue weighted by molar-refractivity contribution is 5.98. The Kier molecular flexibility index (Phi) is 5.90. The van der Waals surface area contributed by atoms with Crippen LogP contribution in [0, 0.1) is 5.41 Å². The first-order valence-corrected chi connectivity index (χ1v) is 10.6. The van der Waals surface area contributed by atoms with Crippen LogP contribution in [-0.2, 0) is 9.53 Å². The smallest absolute Gasteiger partial charge is 0.326 e. The van der Waals surface area contributed by atoms with E-state index < -0.39 is 12.0 Å². The van der Waals surface area contributed by atoms with Gasteiger partial charge in [0.1, 0.15) is 6.10 Å². The third-order valence-electron chi connectivity index (χ3n) is 6.71. The van der Waals surface area contributed by atoms with Crippen molar-refractivity contribution >= 4 is 11.9 Å². The number of aliphatic hydroxyl groups excluding tert-OH is 1.